The molecule has 0 saturated heterocycles. The number of carboxylic acid groups (broad SMARTS) is 1. The van der Waals surface area contributed by atoms with Gasteiger partial charge in [0.2, 0.25) is 0 Å². The van der Waals surface area contributed by atoms with E-state index in [4.69, 9.17) is 5.11 Å². The third-order valence-electron chi connectivity index (χ3n) is 2.00. The molecule has 0 spiro atoms. The summed E-state index contributed by atoms with van der Waals surface area (Å²) in [5.41, 5.74) is 0. The minimum Gasteiger partial charge on any atom is -1.00 e. The van der Waals surface area contributed by atoms with Crippen molar-refractivity contribution < 1.29 is 50.4 Å². The van der Waals surface area contributed by atoms with Crippen molar-refractivity contribution in [2.45, 2.75) is 44.9 Å². The van der Waals surface area contributed by atoms with Gasteiger partial charge in [0.05, 0.1) is 7.11 Å². The van der Waals surface area contributed by atoms with Crippen LogP contribution in [0, 0.1) is 0 Å². The van der Waals surface area contributed by atoms with Gasteiger partial charge in [-0.25, -0.2) is 0 Å². The van der Waals surface area contributed by atoms with Crippen molar-refractivity contribution >= 4 is 11.9 Å². The van der Waals surface area contributed by atoms with E-state index >= 15 is 0 Å². The summed E-state index contributed by atoms with van der Waals surface area (Å²) >= 11 is 0. The molecule has 0 aromatic carbocycles. The fourth-order valence-electron chi connectivity index (χ4n) is 1.18. The van der Waals surface area contributed by atoms with E-state index < -0.39 is 5.97 Å². The standard InChI is InChI=1S/C10H18O4.Na.H/c1-14-10(13)8-6-4-2-3-5-7-9(11)12;;/h2-8H2,1H3,(H,11,12);;/q;+1;-1. The molecule has 0 aliphatic rings. The van der Waals surface area contributed by atoms with Crippen LogP contribution in [0.4, 0.5) is 0 Å². The van der Waals surface area contributed by atoms with Crippen LogP contribution in [0.1, 0.15) is 46.4 Å². The summed E-state index contributed by atoms with van der Waals surface area (Å²) in [6.07, 6.45) is 5.16. The second-order valence-corrected chi connectivity index (χ2v) is 3.24. The summed E-state index contributed by atoms with van der Waals surface area (Å²) in [6, 6.07) is 0. The van der Waals surface area contributed by atoms with Crippen LogP contribution in [0.3, 0.4) is 0 Å². The molecule has 0 aliphatic heterocycles. The Bertz CT molecular complexity index is 188. The van der Waals surface area contributed by atoms with Gasteiger partial charge in [-0.3, -0.25) is 9.59 Å². The Kier molecular flexibility index (Phi) is 13.9. The van der Waals surface area contributed by atoms with E-state index in [0.29, 0.717) is 6.42 Å². The number of unbranched alkanes of at least 4 members (excludes halogenated alkanes) is 4. The normalized spacial score (nSPS) is 9.13. The molecular weight excluding hydrogens is 207 g/mol. The van der Waals surface area contributed by atoms with Crippen LogP contribution in [-0.2, 0) is 14.3 Å². The smallest absolute Gasteiger partial charge is 1.00 e. The first kappa shape index (κ1) is 17.3. The summed E-state index contributed by atoms with van der Waals surface area (Å²) in [5, 5.41) is 8.36. The molecule has 4 nitrogen and oxygen atoms in total. The van der Waals surface area contributed by atoms with Crippen molar-refractivity contribution in [3.63, 3.8) is 0 Å². The Morgan fingerprint density at radius 1 is 1.07 bits per heavy atom. The number of rotatable bonds is 8. The van der Waals surface area contributed by atoms with Gasteiger partial charge >= 0.3 is 41.5 Å². The third-order valence-corrected chi connectivity index (χ3v) is 2.00. The maximum Gasteiger partial charge on any atom is 1.00 e. The van der Waals surface area contributed by atoms with Gasteiger partial charge in [-0.15, -0.1) is 0 Å². The van der Waals surface area contributed by atoms with E-state index in [-0.39, 0.29) is 43.4 Å². The van der Waals surface area contributed by atoms with Crippen LogP contribution in [0.15, 0.2) is 0 Å². The van der Waals surface area contributed by atoms with Crippen molar-refractivity contribution in [1.82, 2.24) is 0 Å². The molecule has 0 aromatic heterocycles. The number of aliphatic carboxylic acids is 1. The Morgan fingerprint density at radius 3 is 2.00 bits per heavy atom. The number of ether oxygens (including phenoxy) is 1. The number of methoxy groups -OCH3 is 1. The van der Waals surface area contributed by atoms with Gasteiger partial charge in [-0.1, -0.05) is 19.3 Å². The van der Waals surface area contributed by atoms with Gasteiger partial charge in [-0.05, 0) is 12.8 Å². The number of hydrogen-bond acceptors (Lipinski definition) is 3. The fourth-order valence-corrected chi connectivity index (χ4v) is 1.18. The first-order valence-corrected chi connectivity index (χ1v) is 4.95. The predicted molar refractivity (Wildman–Crippen MR) is 53.1 cm³/mol. The zero-order chi connectivity index (χ0) is 10.8. The molecule has 0 saturated carbocycles. The van der Waals surface area contributed by atoms with Crippen molar-refractivity contribution in [1.29, 1.82) is 0 Å². The fraction of sp³-hybridized carbons (Fsp3) is 0.800. The quantitative estimate of drug-likeness (QED) is 0.331. The van der Waals surface area contributed by atoms with Crippen molar-refractivity contribution in [3.05, 3.63) is 0 Å². The molecule has 15 heavy (non-hydrogen) atoms. The Labute approximate surface area is 114 Å². The number of carbonyl (C=O) groups excluding carboxylic acids is 1. The minimum absolute atomic E-state index is 0. The summed E-state index contributed by atoms with van der Waals surface area (Å²) in [5.74, 6) is -0.907. The first-order chi connectivity index (χ1) is 6.66. The molecule has 84 valence electrons. The SMILES string of the molecule is COC(=O)CCCCCCCC(=O)O.[H-].[Na+]. The van der Waals surface area contributed by atoms with Crippen molar-refractivity contribution in [2.24, 2.45) is 0 Å². The molecular formula is C10H19NaO4. The van der Waals surface area contributed by atoms with Crippen molar-refractivity contribution in [3.8, 4) is 0 Å². The van der Waals surface area contributed by atoms with Gasteiger partial charge in [-0.2, -0.15) is 0 Å². The zero-order valence-corrected chi connectivity index (χ0v) is 11.6. The minimum atomic E-state index is -0.737. The Morgan fingerprint density at radius 2 is 1.53 bits per heavy atom. The molecule has 0 bridgehead atoms. The van der Waals surface area contributed by atoms with Crippen LogP contribution in [0.2, 0.25) is 0 Å². The Balaban J connectivity index is -0.000000845. The van der Waals surface area contributed by atoms with E-state index in [2.05, 4.69) is 4.74 Å². The second kappa shape index (κ2) is 12.0. The summed E-state index contributed by atoms with van der Waals surface area (Å²) in [4.78, 5) is 20.8. The van der Waals surface area contributed by atoms with Crippen LogP contribution in [0.25, 0.3) is 0 Å². The molecule has 0 fully saturated rings. The van der Waals surface area contributed by atoms with Crippen LogP contribution < -0.4 is 29.6 Å². The zero-order valence-electron chi connectivity index (χ0n) is 10.6. The van der Waals surface area contributed by atoms with E-state index in [9.17, 15) is 9.59 Å². The first-order valence-electron chi connectivity index (χ1n) is 4.95. The summed E-state index contributed by atoms with van der Waals surface area (Å²) < 4.78 is 4.49. The number of hydrogen-bond donors (Lipinski definition) is 1. The summed E-state index contributed by atoms with van der Waals surface area (Å²) in [6.45, 7) is 0. The maximum atomic E-state index is 10.7. The van der Waals surface area contributed by atoms with Gasteiger partial charge in [0.15, 0.2) is 0 Å². The summed E-state index contributed by atoms with van der Waals surface area (Å²) in [7, 11) is 1.38. The number of carbonyl (C=O) groups is 2. The van der Waals surface area contributed by atoms with Gasteiger partial charge in [0.25, 0.3) is 0 Å². The maximum absolute atomic E-state index is 10.7. The molecule has 0 aliphatic carbocycles. The van der Waals surface area contributed by atoms with Crippen LogP contribution in [-0.4, -0.2) is 24.2 Å². The van der Waals surface area contributed by atoms with E-state index in [1.54, 1.807) is 0 Å². The third kappa shape index (κ3) is 13.9. The second-order valence-electron chi connectivity index (χ2n) is 3.24. The molecule has 1 N–H and O–H groups in total. The largest absolute Gasteiger partial charge is 1.00 e. The molecule has 0 unspecified atom stereocenters. The average molecular weight is 226 g/mol. The van der Waals surface area contributed by atoms with E-state index in [1.165, 1.54) is 7.11 Å². The molecule has 0 atom stereocenters. The van der Waals surface area contributed by atoms with E-state index in [0.717, 1.165) is 32.1 Å². The van der Waals surface area contributed by atoms with E-state index in [1.807, 2.05) is 0 Å². The topological polar surface area (TPSA) is 63.6 Å². The number of carboxylic acids is 1. The van der Waals surface area contributed by atoms with Gasteiger partial charge in [0, 0.05) is 12.8 Å². The molecule has 0 rings (SSSR count). The monoisotopic (exact) mass is 226 g/mol. The average Bonchev–Trinajstić information content (AvgIpc) is 2.15. The molecule has 0 heterocycles. The van der Waals surface area contributed by atoms with Gasteiger partial charge < -0.3 is 11.3 Å². The van der Waals surface area contributed by atoms with Crippen LogP contribution in [0.5, 0.6) is 0 Å². The van der Waals surface area contributed by atoms with Crippen molar-refractivity contribution in [2.75, 3.05) is 7.11 Å². The molecule has 0 aromatic rings. The molecule has 0 amide bonds. The van der Waals surface area contributed by atoms with Gasteiger partial charge in [0.1, 0.15) is 0 Å². The Hall–Kier alpha value is -0.0600. The van der Waals surface area contributed by atoms with Crippen LogP contribution >= 0.6 is 0 Å². The molecule has 0 radical (unpaired) electrons. The predicted octanol–water partition coefficient (Wildman–Crippen LogP) is -0.909. The molecule has 5 heteroatoms. The number of esters is 1.